The maximum atomic E-state index is 12.4. The molecule has 0 unspecified atom stereocenters. The van der Waals surface area contributed by atoms with Gasteiger partial charge in [-0.15, -0.1) is 0 Å². The number of carbonyl (C=O) groups is 1. The highest BCUT2D eigenvalue weighted by atomic mass is 32.2. The van der Waals surface area contributed by atoms with Crippen molar-refractivity contribution < 1.29 is 23.1 Å². The van der Waals surface area contributed by atoms with Crippen LogP contribution in [0, 0.1) is 17.8 Å². The van der Waals surface area contributed by atoms with Crippen LogP contribution in [0.2, 0.25) is 0 Å². The lowest BCUT2D eigenvalue weighted by Gasteiger charge is -2.46. The summed E-state index contributed by atoms with van der Waals surface area (Å²) >= 11 is 1.03. The minimum atomic E-state index is -3.69. The van der Waals surface area contributed by atoms with Crippen LogP contribution >= 0.6 is 11.3 Å². The Kier molecular flexibility index (Phi) is 3.71. The molecule has 0 amide bonds. The van der Waals surface area contributed by atoms with Crippen molar-refractivity contribution in [1.29, 1.82) is 0 Å². The molecule has 2 aliphatic rings. The van der Waals surface area contributed by atoms with Gasteiger partial charge >= 0.3 is 5.97 Å². The van der Waals surface area contributed by atoms with E-state index >= 15 is 0 Å². The number of carboxylic acid groups (broad SMARTS) is 1. The number of nitrogens with one attached hydrogen (secondary N) is 1. The first-order valence-electron chi connectivity index (χ1n) is 6.83. The summed E-state index contributed by atoms with van der Waals surface area (Å²) in [5.41, 5.74) is 0. The summed E-state index contributed by atoms with van der Waals surface area (Å²) in [5, 5.41) is 9.82. The van der Waals surface area contributed by atoms with E-state index in [4.69, 9.17) is 4.74 Å². The number of thiophene rings is 1. The Balaban J connectivity index is 1.80. The van der Waals surface area contributed by atoms with Gasteiger partial charge in [0.15, 0.2) is 5.06 Å². The van der Waals surface area contributed by atoms with Crippen molar-refractivity contribution in [3.8, 4) is 5.06 Å². The third kappa shape index (κ3) is 2.45. The quantitative estimate of drug-likeness (QED) is 0.853. The summed E-state index contributed by atoms with van der Waals surface area (Å²) in [6, 6.07) is 2.58. The minimum Gasteiger partial charge on any atom is -0.487 e. The second-order valence-electron chi connectivity index (χ2n) is 5.55. The average molecular weight is 331 g/mol. The predicted molar refractivity (Wildman–Crippen MR) is 76.9 cm³/mol. The Morgan fingerprint density at radius 2 is 2.10 bits per heavy atom. The van der Waals surface area contributed by atoms with E-state index in [0.29, 0.717) is 5.06 Å². The van der Waals surface area contributed by atoms with Gasteiger partial charge in [-0.2, -0.15) is 0 Å². The molecule has 0 saturated heterocycles. The fourth-order valence-corrected chi connectivity index (χ4v) is 6.01. The third-order valence-electron chi connectivity index (χ3n) is 4.53. The smallest absolute Gasteiger partial charge is 0.308 e. The molecule has 21 heavy (non-hydrogen) atoms. The van der Waals surface area contributed by atoms with Crippen molar-refractivity contribution in [2.24, 2.45) is 17.8 Å². The fraction of sp³-hybridized carbons (Fsp3) is 0.615. The lowest BCUT2D eigenvalue weighted by molar-refractivity contribution is -0.152. The second kappa shape index (κ2) is 5.26. The molecule has 0 aliphatic heterocycles. The molecule has 1 aromatic rings. The Hall–Kier alpha value is -1.12. The van der Waals surface area contributed by atoms with Crippen molar-refractivity contribution in [3.63, 3.8) is 0 Å². The zero-order valence-corrected chi connectivity index (χ0v) is 13.1. The Labute approximate surface area is 127 Å². The van der Waals surface area contributed by atoms with Crippen LogP contribution in [0.15, 0.2) is 16.3 Å². The Morgan fingerprint density at radius 1 is 1.38 bits per heavy atom. The predicted octanol–water partition coefficient (Wildman–Crippen LogP) is 1.53. The van der Waals surface area contributed by atoms with Crippen molar-refractivity contribution in [2.75, 3.05) is 7.11 Å². The molecule has 1 aromatic heterocycles. The van der Waals surface area contributed by atoms with Gasteiger partial charge in [-0.3, -0.25) is 4.79 Å². The van der Waals surface area contributed by atoms with Crippen LogP contribution in [0.1, 0.15) is 19.3 Å². The summed E-state index contributed by atoms with van der Waals surface area (Å²) in [6.07, 6.45) is 2.76. The zero-order chi connectivity index (χ0) is 15.2. The van der Waals surface area contributed by atoms with Crippen LogP contribution in [0.4, 0.5) is 0 Å². The number of ether oxygens (including phenoxy) is 1. The van der Waals surface area contributed by atoms with E-state index in [1.807, 2.05) is 0 Å². The number of hydrogen-bond acceptors (Lipinski definition) is 5. The Bertz CT molecular complexity index is 653. The largest absolute Gasteiger partial charge is 0.487 e. The van der Waals surface area contributed by atoms with E-state index in [0.717, 1.165) is 30.6 Å². The molecule has 0 radical (unpaired) electrons. The van der Waals surface area contributed by atoms with Gasteiger partial charge in [-0.25, -0.2) is 13.1 Å². The first-order chi connectivity index (χ1) is 9.94. The number of methoxy groups -OCH3 is 1. The van der Waals surface area contributed by atoms with E-state index < -0.39 is 28.0 Å². The van der Waals surface area contributed by atoms with E-state index in [1.165, 1.54) is 13.2 Å². The summed E-state index contributed by atoms with van der Waals surface area (Å²) < 4.78 is 32.5. The number of hydrogen-bond donors (Lipinski definition) is 2. The van der Waals surface area contributed by atoms with Crippen molar-refractivity contribution in [2.45, 2.75) is 29.5 Å². The lowest BCUT2D eigenvalue weighted by atomic mass is 9.63. The lowest BCUT2D eigenvalue weighted by Crippen LogP contribution is -2.60. The molecule has 2 aliphatic carbocycles. The average Bonchev–Trinajstić information content (AvgIpc) is 3.02. The highest BCUT2D eigenvalue weighted by molar-refractivity contribution is 7.91. The Morgan fingerprint density at radius 3 is 2.71 bits per heavy atom. The third-order valence-corrected chi connectivity index (χ3v) is 7.53. The van der Waals surface area contributed by atoms with E-state index in [1.54, 1.807) is 6.07 Å². The summed E-state index contributed by atoms with van der Waals surface area (Å²) in [6.45, 7) is 0. The van der Waals surface area contributed by atoms with Crippen molar-refractivity contribution in [3.05, 3.63) is 12.1 Å². The van der Waals surface area contributed by atoms with Gasteiger partial charge in [-0.05, 0) is 36.8 Å². The molecule has 0 spiro atoms. The molecule has 2 saturated carbocycles. The van der Waals surface area contributed by atoms with Crippen LogP contribution in [-0.2, 0) is 14.8 Å². The molecule has 1 heterocycles. The van der Waals surface area contributed by atoms with E-state index in [2.05, 4.69) is 4.72 Å². The molecule has 8 heteroatoms. The van der Waals surface area contributed by atoms with E-state index in [9.17, 15) is 18.3 Å². The van der Waals surface area contributed by atoms with Gasteiger partial charge in [0.05, 0.1) is 13.0 Å². The second-order valence-corrected chi connectivity index (χ2v) is 8.53. The van der Waals surface area contributed by atoms with Gasteiger partial charge in [0.2, 0.25) is 10.0 Å². The number of sulfonamides is 1. The topological polar surface area (TPSA) is 92.7 Å². The molecule has 2 fully saturated rings. The zero-order valence-electron chi connectivity index (χ0n) is 11.5. The van der Waals surface area contributed by atoms with Crippen LogP contribution in [-0.4, -0.2) is 32.6 Å². The molecule has 2 N–H and O–H groups in total. The first-order valence-corrected chi connectivity index (χ1v) is 9.13. The fourth-order valence-electron chi connectivity index (χ4n) is 3.59. The monoisotopic (exact) mass is 331 g/mol. The van der Waals surface area contributed by atoms with Crippen LogP contribution < -0.4 is 9.46 Å². The molecule has 6 nitrogen and oxygen atoms in total. The number of aliphatic carboxylic acids is 1. The normalized spacial score (nSPS) is 31.5. The molecule has 4 atom stereocenters. The van der Waals surface area contributed by atoms with Gasteiger partial charge in [0.25, 0.3) is 0 Å². The van der Waals surface area contributed by atoms with Gasteiger partial charge < -0.3 is 9.84 Å². The van der Waals surface area contributed by atoms with Crippen molar-refractivity contribution >= 4 is 27.3 Å². The maximum Gasteiger partial charge on any atom is 0.308 e. The maximum absolute atomic E-state index is 12.4. The standard InChI is InChI=1S/C13H17NO5S2/c1-19-9-5-6-10(20-9)21(17,18)14-12-8-4-2-3-7(8)11(12)13(15)16/h5-8,11-12,14H,2-4H2,1H3,(H,15,16)/t7-,8+,11-,12-/m0/s1. The number of carboxylic acids is 1. The van der Waals surface area contributed by atoms with Crippen LogP contribution in [0.5, 0.6) is 5.06 Å². The van der Waals surface area contributed by atoms with Gasteiger partial charge in [0.1, 0.15) is 4.21 Å². The molecule has 3 rings (SSSR count). The summed E-state index contributed by atoms with van der Waals surface area (Å²) in [7, 11) is -2.21. The molecule has 0 bridgehead atoms. The highest BCUT2D eigenvalue weighted by Gasteiger charge is 2.56. The number of rotatable bonds is 5. The molecule has 116 valence electrons. The molecule has 0 aromatic carbocycles. The molecular weight excluding hydrogens is 314 g/mol. The summed E-state index contributed by atoms with van der Waals surface area (Å²) in [4.78, 5) is 11.4. The van der Waals surface area contributed by atoms with Crippen LogP contribution in [0.3, 0.4) is 0 Å². The first kappa shape index (κ1) is 14.8. The molecular formula is C13H17NO5S2. The minimum absolute atomic E-state index is 0.119. The van der Waals surface area contributed by atoms with Gasteiger partial charge in [-0.1, -0.05) is 17.8 Å². The van der Waals surface area contributed by atoms with E-state index in [-0.39, 0.29) is 16.0 Å². The van der Waals surface area contributed by atoms with Gasteiger partial charge in [0, 0.05) is 6.04 Å². The summed E-state index contributed by atoms with van der Waals surface area (Å²) in [5.74, 6) is -1.24. The number of fused-ring (bicyclic) bond motifs is 1. The highest BCUT2D eigenvalue weighted by Crippen LogP contribution is 2.51. The van der Waals surface area contributed by atoms with Crippen molar-refractivity contribution in [1.82, 2.24) is 4.72 Å². The van der Waals surface area contributed by atoms with Crippen LogP contribution in [0.25, 0.3) is 0 Å². The SMILES string of the molecule is COc1ccc(S(=O)(=O)N[C@H]2[C@@H]3CCC[C@@H]3[C@@H]2C(=O)O)s1.